The molecule has 6 nitrogen and oxygen atoms in total. The molecule has 0 spiro atoms. The number of carbonyl (C=O) groups is 2. The molecule has 0 fully saturated rings. The van der Waals surface area contributed by atoms with Crippen molar-refractivity contribution in [3.05, 3.63) is 59.9 Å². The topological polar surface area (TPSA) is 80.3 Å². The molecule has 1 aromatic carbocycles. The maximum absolute atomic E-state index is 12.1. The van der Waals surface area contributed by atoms with Crippen LogP contribution < -0.4 is 15.4 Å². The van der Waals surface area contributed by atoms with E-state index in [2.05, 4.69) is 22.5 Å². The van der Waals surface area contributed by atoms with E-state index in [0.29, 0.717) is 12.2 Å². The van der Waals surface area contributed by atoms with Crippen LogP contribution in [0.1, 0.15) is 48.7 Å². The number of benzene rings is 1. The summed E-state index contributed by atoms with van der Waals surface area (Å²) in [6, 6.07) is 10.4. The maximum atomic E-state index is 12.1. The summed E-state index contributed by atoms with van der Waals surface area (Å²) >= 11 is 0. The van der Waals surface area contributed by atoms with E-state index in [0.717, 1.165) is 24.2 Å². The highest BCUT2D eigenvalue weighted by Gasteiger charge is 2.11. The fourth-order valence-corrected chi connectivity index (χ4v) is 2.33. The van der Waals surface area contributed by atoms with E-state index >= 15 is 0 Å². The number of hydrogen-bond acceptors (Lipinski definition) is 4. The molecule has 2 amide bonds. The Kier molecular flexibility index (Phi) is 7.61. The Morgan fingerprint density at radius 3 is 2.46 bits per heavy atom. The summed E-state index contributed by atoms with van der Waals surface area (Å²) < 4.78 is 5.56. The molecule has 6 heteroatoms. The van der Waals surface area contributed by atoms with Crippen molar-refractivity contribution >= 4 is 11.8 Å². The van der Waals surface area contributed by atoms with Crippen LogP contribution in [-0.4, -0.2) is 29.9 Å². The molecule has 0 saturated heterocycles. The van der Waals surface area contributed by atoms with Crippen LogP contribution in [0.25, 0.3) is 0 Å². The third-order valence-corrected chi connectivity index (χ3v) is 3.88. The minimum Gasteiger partial charge on any atom is -0.494 e. The number of pyridine rings is 1. The van der Waals surface area contributed by atoms with Crippen LogP contribution in [0.4, 0.5) is 0 Å². The predicted octanol–water partition coefficient (Wildman–Crippen LogP) is 2.87. The smallest absolute Gasteiger partial charge is 0.251 e. The largest absolute Gasteiger partial charge is 0.494 e. The lowest BCUT2D eigenvalue weighted by atomic mass is 10.1. The third kappa shape index (κ3) is 6.20. The number of nitrogens with one attached hydrogen (secondary N) is 2. The summed E-state index contributed by atoms with van der Waals surface area (Å²) in [5.41, 5.74) is 1.45. The van der Waals surface area contributed by atoms with Gasteiger partial charge in [-0.25, -0.2) is 0 Å². The monoisotopic (exact) mass is 355 g/mol. The molecule has 0 aliphatic carbocycles. The minimum absolute atomic E-state index is 0.0803. The van der Waals surface area contributed by atoms with Crippen molar-refractivity contribution in [3.8, 4) is 5.75 Å². The van der Waals surface area contributed by atoms with Crippen molar-refractivity contribution in [2.75, 3.05) is 13.2 Å². The quantitative estimate of drug-likeness (QED) is 0.678. The van der Waals surface area contributed by atoms with Crippen molar-refractivity contribution < 1.29 is 14.3 Å². The van der Waals surface area contributed by atoms with Crippen molar-refractivity contribution in [2.24, 2.45) is 0 Å². The number of unbranched alkanes of at least 4 members (excludes halogenated alkanes) is 1. The number of nitrogens with zero attached hydrogens (tertiary/aromatic N) is 1. The van der Waals surface area contributed by atoms with Crippen LogP contribution in [0.15, 0.2) is 48.8 Å². The van der Waals surface area contributed by atoms with Gasteiger partial charge in [-0.1, -0.05) is 13.3 Å². The molecule has 1 aromatic heterocycles. The molecule has 26 heavy (non-hydrogen) atoms. The van der Waals surface area contributed by atoms with Gasteiger partial charge in [0, 0.05) is 18.0 Å². The zero-order valence-electron chi connectivity index (χ0n) is 15.2. The van der Waals surface area contributed by atoms with Crippen molar-refractivity contribution in [2.45, 2.75) is 32.7 Å². The van der Waals surface area contributed by atoms with Gasteiger partial charge in [-0.2, -0.15) is 0 Å². The fraction of sp³-hybridized carbons (Fsp3) is 0.350. The van der Waals surface area contributed by atoms with Crippen molar-refractivity contribution in [1.82, 2.24) is 15.6 Å². The molecular formula is C20H25N3O3. The van der Waals surface area contributed by atoms with Crippen LogP contribution in [0, 0.1) is 0 Å². The summed E-state index contributed by atoms with van der Waals surface area (Å²) in [6.45, 7) is 4.57. The van der Waals surface area contributed by atoms with Gasteiger partial charge in [0.25, 0.3) is 5.91 Å². The standard InChI is InChI=1S/C20H25N3O3/c1-3-4-13-26-18-7-5-17(6-8-18)20(25)22-14-19(24)23-15(2)16-9-11-21-12-10-16/h5-12,15H,3-4,13-14H2,1-2H3,(H,22,25)(H,23,24). The van der Waals surface area contributed by atoms with E-state index < -0.39 is 0 Å². The Morgan fingerprint density at radius 1 is 1.12 bits per heavy atom. The van der Waals surface area contributed by atoms with Crippen molar-refractivity contribution in [1.29, 1.82) is 0 Å². The van der Waals surface area contributed by atoms with E-state index in [1.165, 1.54) is 0 Å². The predicted molar refractivity (Wildman–Crippen MR) is 100.0 cm³/mol. The van der Waals surface area contributed by atoms with E-state index in [9.17, 15) is 9.59 Å². The molecule has 0 bridgehead atoms. The van der Waals surface area contributed by atoms with E-state index in [1.54, 1.807) is 36.7 Å². The number of ether oxygens (including phenoxy) is 1. The van der Waals surface area contributed by atoms with Gasteiger partial charge < -0.3 is 15.4 Å². The van der Waals surface area contributed by atoms with Gasteiger partial charge in [0.05, 0.1) is 19.2 Å². The normalized spacial score (nSPS) is 11.5. The van der Waals surface area contributed by atoms with Gasteiger partial charge in [0.2, 0.25) is 5.91 Å². The molecule has 2 N–H and O–H groups in total. The van der Waals surface area contributed by atoms with E-state index in [1.807, 2.05) is 19.1 Å². The zero-order valence-corrected chi connectivity index (χ0v) is 15.2. The molecule has 138 valence electrons. The molecule has 2 rings (SSSR count). The number of rotatable bonds is 9. The first-order valence-electron chi connectivity index (χ1n) is 8.80. The van der Waals surface area contributed by atoms with Gasteiger partial charge in [-0.05, 0) is 55.3 Å². The lowest BCUT2D eigenvalue weighted by Gasteiger charge is -2.14. The molecule has 1 unspecified atom stereocenters. The van der Waals surface area contributed by atoms with Crippen LogP contribution in [0.2, 0.25) is 0 Å². The first-order chi connectivity index (χ1) is 12.6. The Balaban J connectivity index is 1.77. The van der Waals surface area contributed by atoms with Crippen molar-refractivity contribution in [3.63, 3.8) is 0 Å². The molecule has 2 aromatic rings. The summed E-state index contributed by atoms with van der Waals surface area (Å²) in [5.74, 6) is 0.193. The zero-order chi connectivity index (χ0) is 18.8. The second-order valence-electron chi connectivity index (χ2n) is 5.98. The van der Waals surface area contributed by atoms with Gasteiger partial charge >= 0.3 is 0 Å². The highest BCUT2D eigenvalue weighted by molar-refractivity contribution is 5.96. The van der Waals surface area contributed by atoms with Gasteiger partial charge in [0.15, 0.2) is 0 Å². The SMILES string of the molecule is CCCCOc1ccc(C(=O)NCC(=O)NC(C)c2ccncc2)cc1. The average Bonchev–Trinajstić information content (AvgIpc) is 2.67. The summed E-state index contributed by atoms with van der Waals surface area (Å²) in [7, 11) is 0. The highest BCUT2D eigenvalue weighted by Crippen LogP contribution is 2.13. The minimum atomic E-state index is -0.295. The Hall–Kier alpha value is -2.89. The van der Waals surface area contributed by atoms with Crippen LogP contribution >= 0.6 is 0 Å². The number of aromatic nitrogens is 1. The second kappa shape index (κ2) is 10.2. The van der Waals surface area contributed by atoms with Gasteiger partial charge in [-0.3, -0.25) is 14.6 Å². The molecule has 0 saturated carbocycles. The van der Waals surface area contributed by atoms with Gasteiger partial charge in [0.1, 0.15) is 5.75 Å². The second-order valence-corrected chi connectivity index (χ2v) is 5.98. The Labute approximate surface area is 154 Å². The van der Waals surface area contributed by atoms with Crippen LogP contribution in [-0.2, 0) is 4.79 Å². The number of amides is 2. The number of hydrogen-bond donors (Lipinski definition) is 2. The van der Waals surface area contributed by atoms with E-state index in [4.69, 9.17) is 4.74 Å². The highest BCUT2D eigenvalue weighted by atomic mass is 16.5. The first kappa shape index (κ1) is 19.4. The fourth-order valence-electron chi connectivity index (χ4n) is 2.33. The average molecular weight is 355 g/mol. The third-order valence-electron chi connectivity index (χ3n) is 3.88. The molecule has 0 aliphatic heterocycles. The lowest BCUT2D eigenvalue weighted by molar-refractivity contribution is -0.120. The van der Waals surface area contributed by atoms with Crippen LogP contribution in [0.3, 0.4) is 0 Å². The summed E-state index contributed by atoms with van der Waals surface area (Å²) in [5, 5.41) is 5.46. The first-order valence-corrected chi connectivity index (χ1v) is 8.80. The molecule has 1 heterocycles. The molecular weight excluding hydrogens is 330 g/mol. The Bertz CT molecular complexity index is 702. The number of carbonyl (C=O) groups excluding carboxylic acids is 2. The van der Waals surface area contributed by atoms with E-state index in [-0.39, 0.29) is 24.4 Å². The van der Waals surface area contributed by atoms with Gasteiger partial charge in [-0.15, -0.1) is 0 Å². The molecule has 0 aliphatic rings. The maximum Gasteiger partial charge on any atom is 0.251 e. The van der Waals surface area contributed by atoms with Crippen LogP contribution in [0.5, 0.6) is 5.75 Å². The summed E-state index contributed by atoms with van der Waals surface area (Å²) in [6.07, 6.45) is 5.42. The molecule has 1 atom stereocenters. The molecule has 0 radical (unpaired) electrons. The lowest BCUT2D eigenvalue weighted by Crippen LogP contribution is -2.38. The summed E-state index contributed by atoms with van der Waals surface area (Å²) in [4.78, 5) is 28.1. The Morgan fingerprint density at radius 2 is 1.81 bits per heavy atom.